The quantitative estimate of drug-likeness (QED) is 0.613. The Hall–Kier alpha value is -2.66. The summed E-state index contributed by atoms with van der Waals surface area (Å²) in [5.41, 5.74) is 3.25. The number of fused-ring (bicyclic) bond motifs is 1. The lowest BCUT2D eigenvalue weighted by Crippen LogP contribution is -2.30. The van der Waals surface area contributed by atoms with Crippen molar-refractivity contribution in [1.82, 2.24) is 9.97 Å². The molecule has 26 heavy (non-hydrogen) atoms. The molecule has 0 aliphatic carbocycles. The van der Waals surface area contributed by atoms with E-state index in [0.717, 1.165) is 28.1 Å². The third kappa shape index (κ3) is 3.35. The number of benzene rings is 2. The van der Waals surface area contributed by atoms with Crippen molar-refractivity contribution in [2.45, 2.75) is 13.0 Å². The molecule has 4 rings (SSSR count). The van der Waals surface area contributed by atoms with E-state index in [4.69, 9.17) is 4.98 Å². The van der Waals surface area contributed by atoms with Crippen molar-refractivity contribution in [3.05, 3.63) is 82.5 Å². The molecule has 3 aromatic rings. The van der Waals surface area contributed by atoms with Crippen LogP contribution in [0.3, 0.4) is 0 Å². The van der Waals surface area contributed by atoms with Crippen molar-refractivity contribution in [2.24, 2.45) is 0 Å². The molecule has 1 N–H and O–H groups in total. The zero-order valence-corrected chi connectivity index (χ0v) is 16.0. The fraction of sp³-hybridized carbons (Fsp3) is 0.143. The summed E-state index contributed by atoms with van der Waals surface area (Å²) in [6.07, 6.45) is 6.12. The molecule has 4 nitrogen and oxygen atoms in total. The molecular formula is C21H19BrN4. The average molecular weight is 407 g/mol. The molecule has 0 saturated heterocycles. The topological polar surface area (TPSA) is 41.1 Å². The van der Waals surface area contributed by atoms with Gasteiger partial charge in [0.1, 0.15) is 5.82 Å². The van der Waals surface area contributed by atoms with Crippen molar-refractivity contribution in [1.29, 1.82) is 0 Å². The van der Waals surface area contributed by atoms with Gasteiger partial charge in [0.15, 0.2) is 0 Å². The summed E-state index contributed by atoms with van der Waals surface area (Å²) in [6, 6.07) is 18.5. The van der Waals surface area contributed by atoms with Gasteiger partial charge in [-0.2, -0.15) is 4.98 Å². The van der Waals surface area contributed by atoms with Crippen molar-refractivity contribution >= 4 is 39.5 Å². The number of nitrogens with zero attached hydrogens (tertiary/aromatic N) is 3. The molecule has 2 heterocycles. The molecule has 0 spiro atoms. The number of para-hydroxylation sites is 1. The van der Waals surface area contributed by atoms with E-state index < -0.39 is 0 Å². The fourth-order valence-electron chi connectivity index (χ4n) is 3.14. The first kappa shape index (κ1) is 16.8. The fourth-order valence-corrected chi connectivity index (χ4v) is 3.76. The Morgan fingerprint density at radius 1 is 1.08 bits per heavy atom. The molecule has 0 fully saturated rings. The van der Waals surface area contributed by atoms with E-state index in [-0.39, 0.29) is 6.04 Å². The highest BCUT2D eigenvalue weighted by Gasteiger charge is 2.23. The number of nitrogens with one attached hydrogen (secondary N) is 1. The van der Waals surface area contributed by atoms with Crippen molar-refractivity contribution in [3.63, 3.8) is 0 Å². The molecule has 1 aromatic heterocycles. The molecule has 5 heteroatoms. The van der Waals surface area contributed by atoms with Gasteiger partial charge < -0.3 is 10.2 Å². The Labute approximate surface area is 161 Å². The van der Waals surface area contributed by atoms with Gasteiger partial charge in [0.2, 0.25) is 5.95 Å². The number of hydrogen-bond donors (Lipinski definition) is 1. The minimum atomic E-state index is 0.189. The largest absolute Gasteiger partial charge is 0.345 e. The van der Waals surface area contributed by atoms with Crippen LogP contribution in [-0.2, 0) is 0 Å². The van der Waals surface area contributed by atoms with Crippen LogP contribution in [0.1, 0.15) is 24.1 Å². The Morgan fingerprint density at radius 3 is 2.65 bits per heavy atom. The Morgan fingerprint density at radius 2 is 1.85 bits per heavy atom. The maximum absolute atomic E-state index is 4.80. The summed E-state index contributed by atoms with van der Waals surface area (Å²) < 4.78 is 1.11. The lowest BCUT2D eigenvalue weighted by Gasteiger charge is -2.33. The van der Waals surface area contributed by atoms with Gasteiger partial charge in [-0.3, -0.25) is 0 Å². The summed E-state index contributed by atoms with van der Waals surface area (Å²) in [5.74, 6) is 1.55. The van der Waals surface area contributed by atoms with Gasteiger partial charge in [-0.1, -0.05) is 64.5 Å². The van der Waals surface area contributed by atoms with E-state index in [1.54, 1.807) is 0 Å². The first-order valence-electron chi connectivity index (χ1n) is 8.59. The van der Waals surface area contributed by atoms with Gasteiger partial charge in [0, 0.05) is 28.5 Å². The van der Waals surface area contributed by atoms with Crippen molar-refractivity contribution in [3.8, 4) is 0 Å². The molecule has 1 unspecified atom stereocenters. The third-order valence-electron chi connectivity index (χ3n) is 4.52. The summed E-state index contributed by atoms with van der Waals surface area (Å²) in [4.78, 5) is 11.6. The molecule has 0 saturated carbocycles. The van der Waals surface area contributed by atoms with E-state index in [0.29, 0.717) is 5.95 Å². The van der Waals surface area contributed by atoms with E-state index >= 15 is 0 Å². The van der Waals surface area contributed by atoms with Crippen LogP contribution in [0.4, 0.5) is 17.5 Å². The van der Waals surface area contributed by atoms with Crippen LogP contribution in [-0.4, -0.2) is 16.5 Å². The molecule has 0 amide bonds. The maximum atomic E-state index is 4.80. The van der Waals surface area contributed by atoms with Gasteiger partial charge in [0.05, 0.1) is 6.04 Å². The van der Waals surface area contributed by atoms with Gasteiger partial charge in [-0.15, -0.1) is 0 Å². The second-order valence-electron chi connectivity index (χ2n) is 6.22. The average Bonchev–Trinajstić information content (AvgIpc) is 2.68. The molecule has 1 aliphatic heterocycles. The van der Waals surface area contributed by atoms with Crippen molar-refractivity contribution < 1.29 is 0 Å². The highest BCUT2D eigenvalue weighted by atomic mass is 79.9. The number of anilines is 3. The molecular weight excluding hydrogens is 388 g/mol. The Bertz CT molecular complexity index is 940. The number of aromatic nitrogens is 2. The first-order valence-corrected chi connectivity index (χ1v) is 9.38. The molecule has 0 bridgehead atoms. The molecule has 2 aromatic carbocycles. The van der Waals surface area contributed by atoms with Crippen LogP contribution < -0.4 is 10.2 Å². The van der Waals surface area contributed by atoms with Crippen LogP contribution in [0.5, 0.6) is 0 Å². The number of rotatable bonds is 4. The van der Waals surface area contributed by atoms with Gasteiger partial charge in [0.25, 0.3) is 0 Å². The summed E-state index contributed by atoms with van der Waals surface area (Å²) >= 11 is 3.67. The second-order valence-corrected chi connectivity index (χ2v) is 7.07. The normalized spacial score (nSPS) is 14.0. The van der Waals surface area contributed by atoms with Crippen LogP contribution in [0.15, 0.2) is 71.3 Å². The minimum Gasteiger partial charge on any atom is -0.345 e. The molecule has 1 aliphatic rings. The Kier molecular flexibility index (Phi) is 4.71. The van der Waals surface area contributed by atoms with Gasteiger partial charge >= 0.3 is 0 Å². The maximum Gasteiger partial charge on any atom is 0.229 e. The lowest BCUT2D eigenvalue weighted by molar-refractivity contribution is 0.691. The standard InChI is InChI=1S/C21H19BrN4/c1-15(18-11-5-6-12-19(18)22)26-13-7-8-16-14-23-21(25-20(16)26)24-17-9-3-2-4-10-17/h2-12,14-15H,13H2,1H3,(H,23,24,25). The third-order valence-corrected chi connectivity index (χ3v) is 5.24. The summed E-state index contributed by atoms with van der Waals surface area (Å²) in [6.45, 7) is 3.02. The predicted molar refractivity (Wildman–Crippen MR) is 111 cm³/mol. The van der Waals surface area contributed by atoms with Crippen LogP contribution in [0.25, 0.3) is 6.08 Å². The summed E-state index contributed by atoms with van der Waals surface area (Å²) in [5, 5.41) is 3.28. The molecule has 0 radical (unpaired) electrons. The smallest absolute Gasteiger partial charge is 0.229 e. The number of halogens is 1. The molecule has 130 valence electrons. The monoisotopic (exact) mass is 406 g/mol. The van der Waals surface area contributed by atoms with Gasteiger partial charge in [-0.25, -0.2) is 4.98 Å². The van der Waals surface area contributed by atoms with Crippen molar-refractivity contribution in [2.75, 3.05) is 16.8 Å². The van der Waals surface area contributed by atoms with E-state index in [1.165, 1.54) is 5.56 Å². The highest BCUT2D eigenvalue weighted by Crippen LogP contribution is 2.34. The highest BCUT2D eigenvalue weighted by molar-refractivity contribution is 9.10. The van der Waals surface area contributed by atoms with E-state index in [9.17, 15) is 0 Å². The van der Waals surface area contributed by atoms with Crippen LogP contribution in [0, 0.1) is 0 Å². The minimum absolute atomic E-state index is 0.189. The Balaban J connectivity index is 1.67. The predicted octanol–water partition coefficient (Wildman–Crippen LogP) is 5.58. The van der Waals surface area contributed by atoms with Crippen LogP contribution in [0.2, 0.25) is 0 Å². The summed E-state index contributed by atoms with van der Waals surface area (Å²) in [7, 11) is 0. The molecule has 1 atom stereocenters. The zero-order valence-electron chi connectivity index (χ0n) is 14.4. The number of hydrogen-bond acceptors (Lipinski definition) is 4. The first-order chi connectivity index (χ1) is 12.7. The van der Waals surface area contributed by atoms with E-state index in [2.05, 4.69) is 68.4 Å². The van der Waals surface area contributed by atoms with Crippen LogP contribution >= 0.6 is 15.9 Å². The lowest BCUT2D eigenvalue weighted by atomic mass is 10.0. The van der Waals surface area contributed by atoms with Gasteiger partial charge in [-0.05, 0) is 30.7 Å². The SMILES string of the molecule is CC(c1ccccc1Br)N1CC=Cc2cnc(Nc3ccccc3)nc21. The van der Waals surface area contributed by atoms with E-state index in [1.807, 2.05) is 42.6 Å². The zero-order chi connectivity index (χ0) is 17.9. The second kappa shape index (κ2) is 7.30.